The quantitative estimate of drug-likeness (QED) is 0.494. The second-order valence-electron chi connectivity index (χ2n) is 6.82. The lowest BCUT2D eigenvalue weighted by atomic mass is 10.1. The average Bonchev–Trinajstić information content (AvgIpc) is 2.80. The number of likely N-dealkylation sites (N-methyl/N-ethyl adjacent to an activating group) is 1. The van der Waals surface area contributed by atoms with Gasteiger partial charge in [0.1, 0.15) is 12.3 Å². The number of methoxy groups -OCH3 is 2. The van der Waals surface area contributed by atoms with Crippen molar-refractivity contribution in [2.24, 2.45) is 0 Å². The number of amides is 2. The van der Waals surface area contributed by atoms with Gasteiger partial charge < -0.3 is 24.4 Å². The topological polar surface area (TPSA) is 77.1 Å². The van der Waals surface area contributed by atoms with Crippen molar-refractivity contribution in [2.45, 2.75) is 20.3 Å². The predicted molar refractivity (Wildman–Crippen MR) is 127 cm³/mol. The van der Waals surface area contributed by atoms with E-state index in [-0.39, 0.29) is 18.4 Å². The van der Waals surface area contributed by atoms with Crippen LogP contribution in [0.4, 0.5) is 5.69 Å². The van der Waals surface area contributed by atoms with E-state index >= 15 is 0 Å². The minimum atomic E-state index is -0.319. The van der Waals surface area contributed by atoms with Crippen molar-refractivity contribution in [3.8, 4) is 17.2 Å². The smallest absolute Gasteiger partial charge is 0.247 e. The summed E-state index contributed by atoms with van der Waals surface area (Å²) < 4.78 is 16.2. The number of rotatable bonds is 11. The number of carbonyl (C=O) groups is 2. The molecule has 2 aromatic carbocycles. The number of benzene rings is 2. The summed E-state index contributed by atoms with van der Waals surface area (Å²) in [4.78, 5) is 26.5. The van der Waals surface area contributed by atoms with Gasteiger partial charge in [0.2, 0.25) is 11.8 Å². The summed E-state index contributed by atoms with van der Waals surface area (Å²) in [5.74, 6) is 0.890. The van der Waals surface area contributed by atoms with Crippen LogP contribution < -0.4 is 19.5 Å². The Labute approximate surface area is 193 Å². The molecule has 0 aliphatic heterocycles. The third kappa shape index (κ3) is 6.92. The maximum absolute atomic E-state index is 12.7. The summed E-state index contributed by atoms with van der Waals surface area (Å²) >= 11 is 6.33. The van der Waals surface area contributed by atoms with Crippen LogP contribution in [0.25, 0.3) is 6.08 Å². The molecular formula is C24H29ClN2O5. The summed E-state index contributed by atoms with van der Waals surface area (Å²) in [6.07, 6.45) is 3.87. The second-order valence-corrected chi connectivity index (χ2v) is 7.22. The molecule has 2 amide bonds. The molecule has 0 spiro atoms. The van der Waals surface area contributed by atoms with Gasteiger partial charge in [0, 0.05) is 12.6 Å². The van der Waals surface area contributed by atoms with Crippen LogP contribution in [0.15, 0.2) is 42.5 Å². The van der Waals surface area contributed by atoms with Crippen molar-refractivity contribution in [3.63, 3.8) is 0 Å². The van der Waals surface area contributed by atoms with E-state index in [1.54, 1.807) is 36.4 Å². The number of halogens is 1. The Kier molecular flexibility index (Phi) is 9.88. The van der Waals surface area contributed by atoms with Crippen molar-refractivity contribution in [3.05, 3.63) is 53.1 Å². The van der Waals surface area contributed by atoms with E-state index in [4.69, 9.17) is 25.8 Å². The van der Waals surface area contributed by atoms with Crippen molar-refractivity contribution in [1.29, 1.82) is 0 Å². The second kappa shape index (κ2) is 12.6. The molecule has 1 N–H and O–H groups in total. The number of ether oxygens (including phenoxy) is 3. The Morgan fingerprint density at radius 3 is 2.47 bits per heavy atom. The van der Waals surface area contributed by atoms with Crippen LogP contribution in [-0.2, 0) is 9.59 Å². The van der Waals surface area contributed by atoms with E-state index in [1.807, 2.05) is 19.9 Å². The molecule has 0 saturated heterocycles. The third-order valence-electron chi connectivity index (χ3n) is 4.53. The van der Waals surface area contributed by atoms with Gasteiger partial charge in [-0.05, 0) is 49.2 Å². The van der Waals surface area contributed by atoms with Crippen LogP contribution in [0.2, 0.25) is 5.02 Å². The zero-order chi connectivity index (χ0) is 23.5. The average molecular weight is 461 g/mol. The maximum Gasteiger partial charge on any atom is 0.247 e. The van der Waals surface area contributed by atoms with Crippen LogP contribution in [0.1, 0.15) is 25.8 Å². The molecule has 7 nitrogen and oxygen atoms in total. The summed E-state index contributed by atoms with van der Waals surface area (Å²) in [5, 5.41) is 3.17. The molecular weight excluding hydrogens is 432 g/mol. The van der Waals surface area contributed by atoms with Gasteiger partial charge >= 0.3 is 0 Å². The van der Waals surface area contributed by atoms with Crippen LogP contribution in [-0.4, -0.2) is 50.6 Å². The molecule has 0 fully saturated rings. The molecule has 2 aromatic rings. The molecule has 32 heavy (non-hydrogen) atoms. The molecule has 0 saturated carbocycles. The van der Waals surface area contributed by atoms with Crippen LogP contribution in [0.3, 0.4) is 0 Å². The van der Waals surface area contributed by atoms with E-state index in [9.17, 15) is 9.59 Å². The largest absolute Gasteiger partial charge is 0.495 e. The summed E-state index contributed by atoms with van der Waals surface area (Å²) in [5.41, 5.74) is 1.23. The van der Waals surface area contributed by atoms with E-state index in [0.717, 1.165) is 6.42 Å². The fourth-order valence-electron chi connectivity index (χ4n) is 2.91. The Balaban J connectivity index is 2.07. The zero-order valence-corrected chi connectivity index (χ0v) is 19.6. The van der Waals surface area contributed by atoms with Gasteiger partial charge in [-0.3, -0.25) is 9.59 Å². The highest BCUT2D eigenvalue weighted by molar-refractivity contribution is 6.32. The lowest BCUT2D eigenvalue weighted by molar-refractivity contribution is -0.130. The van der Waals surface area contributed by atoms with Gasteiger partial charge in [-0.1, -0.05) is 30.7 Å². The third-order valence-corrected chi connectivity index (χ3v) is 4.81. The first-order chi connectivity index (χ1) is 15.4. The molecule has 2 rings (SSSR count). The van der Waals surface area contributed by atoms with Crippen molar-refractivity contribution >= 4 is 35.2 Å². The number of carbonyl (C=O) groups excluding carboxylic acids is 2. The van der Waals surface area contributed by atoms with Gasteiger partial charge in [0.25, 0.3) is 0 Å². The molecule has 172 valence electrons. The fourth-order valence-corrected chi connectivity index (χ4v) is 3.18. The predicted octanol–water partition coefficient (Wildman–Crippen LogP) is 4.65. The monoisotopic (exact) mass is 460 g/mol. The van der Waals surface area contributed by atoms with Gasteiger partial charge in [-0.2, -0.15) is 0 Å². The van der Waals surface area contributed by atoms with Crippen LogP contribution in [0, 0.1) is 0 Å². The van der Waals surface area contributed by atoms with Gasteiger partial charge in [0.15, 0.2) is 11.5 Å². The molecule has 0 aliphatic rings. The zero-order valence-electron chi connectivity index (χ0n) is 18.8. The van der Waals surface area contributed by atoms with E-state index in [0.29, 0.717) is 46.7 Å². The summed E-state index contributed by atoms with van der Waals surface area (Å²) in [6.45, 7) is 4.61. The minimum absolute atomic E-state index is 0.0917. The van der Waals surface area contributed by atoms with E-state index in [2.05, 4.69) is 5.32 Å². The summed E-state index contributed by atoms with van der Waals surface area (Å²) in [7, 11) is 3.06. The molecule has 8 heteroatoms. The highest BCUT2D eigenvalue weighted by Crippen LogP contribution is 2.36. The highest BCUT2D eigenvalue weighted by Gasteiger charge is 2.15. The first kappa shape index (κ1) is 25.1. The number of nitrogens with zero attached hydrogens (tertiary/aromatic N) is 1. The number of para-hydroxylation sites is 2. The first-order valence-corrected chi connectivity index (χ1v) is 10.7. The first-order valence-electron chi connectivity index (χ1n) is 10.3. The van der Waals surface area contributed by atoms with Crippen molar-refractivity contribution in [1.82, 2.24) is 4.90 Å². The van der Waals surface area contributed by atoms with Crippen LogP contribution >= 0.6 is 11.6 Å². The van der Waals surface area contributed by atoms with Crippen LogP contribution in [0.5, 0.6) is 17.2 Å². The Hall–Kier alpha value is -3.19. The molecule has 0 radical (unpaired) electrons. The van der Waals surface area contributed by atoms with Crippen molar-refractivity contribution < 1.29 is 23.8 Å². The Morgan fingerprint density at radius 1 is 1.09 bits per heavy atom. The fraction of sp³-hybridized carbons (Fsp3) is 0.333. The Bertz CT molecular complexity index is 961. The maximum atomic E-state index is 12.7. The lowest BCUT2D eigenvalue weighted by Crippen LogP contribution is -2.36. The lowest BCUT2D eigenvalue weighted by Gasteiger charge is -2.19. The number of anilines is 1. The standard InChI is InChI=1S/C24H29ClN2O5/c1-5-13-32-24-18(25)14-17(15-21(24)31-4)11-12-23(29)27(6-2)16-22(28)26-19-9-7-8-10-20(19)30-3/h7-12,14-15H,5-6,13,16H2,1-4H3,(H,26,28)/b12-11+. The number of hydrogen-bond donors (Lipinski definition) is 1. The van der Waals surface area contributed by atoms with E-state index < -0.39 is 0 Å². The van der Waals surface area contributed by atoms with Gasteiger partial charge in [-0.15, -0.1) is 0 Å². The SMILES string of the molecule is CCCOc1c(Cl)cc(/C=C/C(=O)N(CC)CC(=O)Nc2ccccc2OC)cc1OC. The molecule has 0 aromatic heterocycles. The molecule has 0 aliphatic carbocycles. The highest BCUT2D eigenvalue weighted by atomic mass is 35.5. The number of nitrogens with one attached hydrogen (secondary N) is 1. The Morgan fingerprint density at radius 2 is 1.81 bits per heavy atom. The number of hydrogen-bond acceptors (Lipinski definition) is 5. The molecule has 0 unspecified atom stereocenters. The molecule has 0 atom stereocenters. The van der Waals surface area contributed by atoms with E-state index in [1.165, 1.54) is 25.2 Å². The normalized spacial score (nSPS) is 10.7. The molecule has 0 heterocycles. The summed E-state index contributed by atoms with van der Waals surface area (Å²) in [6, 6.07) is 10.5. The van der Waals surface area contributed by atoms with Crippen molar-refractivity contribution in [2.75, 3.05) is 39.2 Å². The molecule has 0 bridgehead atoms. The van der Waals surface area contributed by atoms with Gasteiger partial charge in [0.05, 0.1) is 31.5 Å². The van der Waals surface area contributed by atoms with Gasteiger partial charge in [-0.25, -0.2) is 0 Å². The minimum Gasteiger partial charge on any atom is -0.495 e.